The van der Waals surface area contributed by atoms with Gasteiger partial charge in [0.25, 0.3) is 0 Å². The third kappa shape index (κ3) is 4.74. The van der Waals surface area contributed by atoms with Crippen molar-refractivity contribution in [2.24, 2.45) is 17.3 Å². The Balaban J connectivity index is 1.56. The predicted molar refractivity (Wildman–Crippen MR) is 130 cm³/mol. The number of fused-ring (bicyclic) bond motifs is 1. The number of rotatable bonds is 6. The summed E-state index contributed by atoms with van der Waals surface area (Å²) in [5.41, 5.74) is 3.96. The molecule has 8 heteroatoms. The van der Waals surface area contributed by atoms with E-state index in [1.807, 2.05) is 57.2 Å². The first-order chi connectivity index (χ1) is 16.0. The van der Waals surface area contributed by atoms with E-state index in [0.717, 1.165) is 27.8 Å². The van der Waals surface area contributed by atoms with Gasteiger partial charge in [-0.25, -0.2) is 4.79 Å². The molecule has 33 heavy (non-hydrogen) atoms. The highest BCUT2D eigenvalue weighted by atomic mass is 16.5. The molecule has 0 aliphatic rings. The summed E-state index contributed by atoms with van der Waals surface area (Å²) in [7, 11) is 1.57. The van der Waals surface area contributed by atoms with Gasteiger partial charge in [-0.05, 0) is 58.3 Å². The summed E-state index contributed by atoms with van der Waals surface area (Å²) >= 11 is 0. The van der Waals surface area contributed by atoms with E-state index in [0.29, 0.717) is 18.0 Å². The third-order valence-electron chi connectivity index (χ3n) is 5.50. The smallest absolute Gasteiger partial charge is 0.368 e. The van der Waals surface area contributed by atoms with E-state index in [1.54, 1.807) is 7.05 Å². The van der Waals surface area contributed by atoms with E-state index in [2.05, 4.69) is 44.9 Å². The first-order valence-corrected chi connectivity index (χ1v) is 10.8. The van der Waals surface area contributed by atoms with Crippen LogP contribution in [0.15, 0.2) is 75.7 Å². The Morgan fingerprint density at radius 1 is 1.00 bits per heavy atom. The molecule has 3 aromatic carbocycles. The van der Waals surface area contributed by atoms with Gasteiger partial charge in [0.05, 0.1) is 11.4 Å². The number of tetrazole rings is 1. The van der Waals surface area contributed by atoms with Crippen molar-refractivity contribution >= 4 is 22.4 Å². The summed E-state index contributed by atoms with van der Waals surface area (Å²) in [6.45, 7) is 6.10. The molecule has 1 heterocycles. The van der Waals surface area contributed by atoms with Crippen molar-refractivity contribution in [3.05, 3.63) is 87.8 Å². The summed E-state index contributed by atoms with van der Waals surface area (Å²) in [6, 6.07) is 20.1. The maximum atomic E-state index is 12.3. The molecule has 0 aliphatic heterocycles. The van der Waals surface area contributed by atoms with Gasteiger partial charge in [0.15, 0.2) is 0 Å². The number of hydrogen-bond donors (Lipinski definition) is 0. The van der Waals surface area contributed by atoms with Gasteiger partial charge in [0, 0.05) is 19.0 Å². The summed E-state index contributed by atoms with van der Waals surface area (Å²) in [4.78, 5) is 12.3. The summed E-state index contributed by atoms with van der Waals surface area (Å²) < 4.78 is 8.46. The second kappa shape index (κ2) is 9.60. The van der Waals surface area contributed by atoms with Crippen molar-refractivity contribution in [1.29, 1.82) is 0 Å². The molecule has 0 unspecified atom stereocenters. The first-order valence-electron chi connectivity index (χ1n) is 10.8. The van der Waals surface area contributed by atoms with Crippen LogP contribution in [0, 0.1) is 6.92 Å². The van der Waals surface area contributed by atoms with E-state index in [-0.39, 0.29) is 12.3 Å². The number of hydrogen-bond acceptors (Lipinski definition) is 6. The van der Waals surface area contributed by atoms with Gasteiger partial charge in [-0.2, -0.15) is 14.5 Å². The van der Waals surface area contributed by atoms with Crippen molar-refractivity contribution in [1.82, 2.24) is 19.8 Å². The normalized spacial score (nSPS) is 12.4. The average molecular weight is 443 g/mol. The molecular weight excluding hydrogens is 416 g/mol. The van der Waals surface area contributed by atoms with Crippen LogP contribution < -0.4 is 5.69 Å². The number of nitrogens with zero attached hydrogens (tertiary/aromatic N) is 6. The predicted octanol–water partition coefficient (Wildman–Crippen LogP) is 4.18. The Morgan fingerprint density at radius 2 is 1.79 bits per heavy atom. The first kappa shape index (κ1) is 22.1. The summed E-state index contributed by atoms with van der Waals surface area (Å²) in [6.07, 6.45) is 0.584. The van der Waals surface area contributed by atoms with Gasteiger partial charge >= 0.3 is 5.69 Å². The summed E-state index contributed by atoms with van der Waals surface area (Å²) in [5, 5.41) is 18.9. The van der Waals surface area contributed by atoms with Gasteiger partial charge in [-0.3, -0.25) is 0 Å². The van der Waals surface area contributed by atoms with Crippen LogP contribution in [0.1, 0.15) is 37.0 Å². The zero-order valence-corrected chi connectivity index (χ0v) is 19.2. The fourth-order valence-corrected chi connectivity index (χ4v) is 3.50. The minimum Gasteiger partial charge on any atom is -0.475 e. The molecule has 0 atom stereocenters. The third-order valence-corrected chi connectivity index (χ3v) is 5.50. The van der Waals surface area contributed by atoms with Gasteiger partial charge in [-0.15, -0.1) is 5.10 Å². The zero-order valence-electron chi connectivity index (χ0n) is 19.2. The molecule has 0 saturated carbocycles. The maximum absolute atomic E-state index is 12.3. The van der Waals surface area contributed by atoms with Crippen LogP contribution in [-0.4, -0.2) is 31.4 Å². The molecule has 0 N–H and O–H groups in total. The zero-order chi connectivity index (χ0) is 23.4. The number of ether oxygens (including phenoxy) is 1. The van der Waals surface area contributed by atoms with Crippen LogP contribution in [0.3, 0.4) is 0 Å². The van der Waals surface area contributed by atoms with Crippen LogP contribution in [-0.2, 0) is 18.4 Å². The van der Waals surface area contributed by atoms with E-state index in [1.165, 1.54) is 14.7 Å². The largest absolute Gasteiger partial charge is 0.475 e. The molecule has 0 bridgehead atoms. The molecule has 1 aromatic heterocycles. The molecule has 0 saturated heterocycles. The van der Waals surface area contributed by atoms with Crippen molar-refractivity contribution < 1.29 is 4.74 Å². The lowest BCUT2D eigenvalue weighted by Crippen LogP contribution is -2.23. The highest BCUT2D eigenvalue weighted by Crippen LogP contribution is 2.19. The van der Waals surface area contributed by atoms with Gasteiger partial charge < -0.3 is 4.74 Å². The van der Waals surface area contributed by atoms with Crippen LogP contribution in [0.2, 0.25) is 0 Å². The Kier molecular flexibility index (Phi) is 6.44. The molecule has 8 nitrogen and oxygen atoms in total. The minimum atomic E-state index is -0.318. The number of aromatic nitrogens is 4. The molecule has 0 amide bonds. The molecule has 4 rings (SSSR count). The topological polar surface area (TPSA) is 86.7 Å². The lowest BCUT2D eigenvalue weighted by Gasteiger charge is -2.13. The Labute approximate surface area is 191 Å². The van der Waals surface area contributed by atoms with Crippen LogP contribution >= 0.6 is 0 Å². The van der Waals surface area contributed by atoms with Crippen LogP contribution in [0.4, 0.5) is 0 Å². The van der Waals surface area contributed by atoms with E-state index in [9.17, 15) is 4.79 Å². The Bertz CT molecular complexity index is 1410. The second-order valence-electron chi connectivity index (χ2n) is 7.75. The Morgan fingerprint density at radius 3 is 2.52 bits per heavy atom. The molecular formula is C25H26N6O2. The van der Waals surface area contributed by atoms with Crippen molar-refractivity contribution in [2.45, 2.75) is 33.8 Å². The lowest BCUT2D eigenvalue weighted by atomic mass is 10.0. The fraction of sp³-hybridized carbons (Fsp3) is 0.240. The maximum Gasteiger partial charge on any atom is 0.368 e. The monoisotopic (exact) mass is 442 g/mol. The van der Waals surface area contributed by atoms with Crippen molar-refractivity contribution in [2.75, 3.05) is 0 Å². The SMILES string of the molecule is CCC(=NN=C(C)c1ccc2ccccc2c1)OCc1c(C)cccc1-n1nnn(C)c1=O. The molecule has 168 valence electrons. The van der Waals surface area contributed by atoms with Gasteiger partial charge in [0.1, 0.15) is 6.61 Å². The van der Waals surface area contributed by atoms with Crippen LogP contribution in [0.25, 0.3) is 16.5 Å². The van der Waals surface area contributed by atoms with Crippen LogP contribution in [0.5, 0.6) is 0 Å². The molecule has 4 aromatic rings. The Hall–Kier alpha value is -4.07. The number of benzene rings is 3. The fourth-order valence-electron chi connectivity index (χ4n) is 3.50. The quantitative estimate of drug-likeness (QED) is 0.255. The number of aryl methyl sites for hydroxylation is 2. The van der Waals surface area contributed by atoms with E-state index in [4.69, 9.17) is 4.74 Å². The second-order valence-corrected chi connectivity index (χ2v) is 7.75. The van der Waals surface area contributed by atoms with Crippen molar-refractivity contribution in [3.8, 4) is 5.69 Å². The van der Waals surface area contributed by atoms with E-state index >= 15 is 0 Å². The standard InChI is InChI=1S/C25H26N6O2/c1-5-24(27-26-18(3)20-14-13-19-10-6-7-11-21(19)15-20)33-16-22-17(2)9-8-12-23(22)31-25(32)30(4)28-29-31/h6-15H,5,16H2,1-4H3. The molecule has 0 fully saturated rings. The summed E-state index contributed by atoms with van der Waals surface area (Å²) in [5.74, 6) is 0.510. The lowest BCUT2D eigenvalue weighted by molar-refractivity contribution is 0.282. The van der Waals surface area contributed by atoms with E-state index < -0.39 is 0 Å². The highest BCUT2D eigenvalue weighted by Gasteiger charge is 2.14. The molecule has 0 aliphatic carbocycles. The molecule has 0 spiro atoms. The van der Waals surface area contributed by atoms with Gasteiger partial charge in [-0.1, -0.05) is 55.5 Å². The highest BCUT2D eigenvalue weighted by molar-refractivity contribution is 6.02. The van der Waals surface area contributed by atoms with Crippen molar-refractivity contribution in [3.63, 3.8) is 0 Å². The minimum absolute atomic E-state index is 0.238. The molecule has 0 radical (unpaired) electrons. The van der Waals surface area contributed by atoms with Gasteiger partial charge in [0.2, 0.25) is 5.90 Å². The average Bonchev–Trinajstić information content (AvgIpc) is 3.17.